The minimum atomic E-state index is 0.493. The van der Waals surface area contributed by atoms with Crippen LogP contribution in [0.3, 0.4) is 0 Å². The minimum absolute atomic E-state index is 0.493. The Kier molecular flexibility index (Phi) is 10.4. The monoisotopic (exact) mass is 281 g/mol. The van der Waals surface area contributed by atoms with E-state index in [1.54, 1.807) is 0 Å². The lowest BCUT2D eigenvalue weighted by molar-refractivity contribution is 0.245. The Morgan fingerprint density at radius 3 is 1.85 bits per heavy atom. The van der Waals surface area contributed by atoms with Crippen molar-refractivity contribution >= 4 is 0 Å². The van der Waals surface area contributed by atoms with Crippen molar-refractivity contribution in [2.24, 2.45) is 17.6 Å². The van der Waals surface area contributed by atoms with Gasteiger partial charge in [-0.2, -0.15) is 0 Å². The van der Waals surface area contributed by atoms with Crippen LogP contribution in [-0.4, -0.2) is 6.04 Å². The van der Waals surface area contributed by atoms with Gasteiger partial charge in [-0.15, -0.1) is 0 Å². The molecule has 1 rings (SSSR count). The number of hydrogen-bond acceptors (Lipinski definition) is 1. The third-order valence-electron chi connectivity index (χ3n) is 5.31. The van der Waals surface area contributed by atoms with Crippen LogP contribution in [0.15, 0.2) is 0 Å². The van der Waals surface area contributed by atoms with Crippen LogP contribution in [0.2, 0.25) is 0 Å². The predicted molar refractivity (Wildman–Crippen MR) is 90.9 cm³/mol. The molecule has 0 saturated heterocycles. The Balaban J connectivity index is 1.88. The Morgan fingerprint density at radius 1 is 0.800 bits per heavy atom. The molecule has 1 saturated carbocycles. The molecule has 1 unspecified atom stereocenters. The molecular weight excluding hydrogens is 242 g/mol. The van der Waals surface area contributed by atoms with Crippen molar-refractivity contribution in [3.05, 3.63) is 0 Å². The van der Waals surface area contributed by atoms with Gasteiger partial charge in [0.05, 0.1) is 0 Å². The Morgan fingerprint density at radius 2 is 1.30 bits per heavy atom. The van der Waals surface area contributed by atoms with Gasteiger partial charge in [-0.25, -0.2) is 0 Å². The molecule has 0 aromatic rings. The zero-order chi connectivity index (χ0) is 14.6. The van der Waals surface area contributed by atoms with Crippen LogP contribution in [-0.2, 0) is 0 Å². The standard InChI is InChI=1S/C19H39N/c1-3-4-5-6-7-8-9-10-11-12-19(20)18-15-13-17(2)14-16-18/h17-19H,3-16,20H2,1-2H3. The van der Waals surface area contributed by atoms with Crippen molar-refractivity contribution in [2.75, 3.05) is 0 Å². The van der Waals surface area contributed by atoms with Gasteiger partial charge >= 0.3 is 0 Å². The van der Waals surface area contributed by atoms with Gasteiger partial charge in [0.1, 0.15) is 0 Å². The van der Waals surface area contributed by atoms with Crippen molar-refractivity contribution in [3.63, 3.8) is 0 Å². The van der Waals surface area contributed by atoms with Crippen LogP contribution in [0.5, 0.6) is 0 Å². The van der Waals surface area contributed by atoms with E-state index in [-0.39, 0.29) is 0 Å². The van der Waals surface area contributed by atoms with Gasteiger partial charge in [-0.05, 0) is 31.1 Å². The molecule has 0 radical (unpaired) electrons. The van der Waals surface area contributed by atoms with Crippen LogP contribution in [0.4, 0.5) is 0 Å². The van der Waals surface area contributed by atoms with Crippen LogP contribution >= 0.6 is 0 Å². The SMILES string of the molecule is CCCCCCCCCCCC(N)C1CCC(C)CC1. The molecule has 0 aromatic carbocycles. The van der Waals surface area contributed by atoms with Gasteiger partial charge < -0.3 is 5.73 Å². The molecule has 1 heteroatoms. The summed E-state index contributed by atoms with van der Waals surface area (Å²) in [6.07, 6.45) is 19.7. The molecule has 0 heterocycles. The largest absolute Gasteiger partial charge is 0.327 e. The first-order valence-corrected chi connectivity index (χ1v) is 9.49. The summed E-state index contributed by atoms with van der Waals surface area (Å²) in [5.41, 5.74) is 6.39. The van der Waals surface area contributed by atoms with E-state index in [9.17, 15) is 0 Å². The highest BCUT2D eigenvalue weighted by atomic mass is 14.6. The lowest BCUT2D eigenvalue weighted by Crippen LogP contribution is -2.32. The van der Waals surface area contributed by atoms with Crippen molar-refractivity contribution in [1.82, 2.24) is 0 Å². The third-order valence-corrected chi connectivity index (χ3v) is 5.31. The van der Waals surface area contributed by atoms with E-state index in [0.717, 1.165) is 11.8 Å². The summed E-state index contributed by atoms with van der Waals surface area (Å²) in [6.45, 7) is 4.68. The topological polar surface area (TPSA) is 26.0 Å². The first kappa shape index (κ1) is 18.0. The van der Waals surface area contributed by atoms with Gasteiger partial charge in [-0.1, -0.05) is 84.5 Å². The van der Waals surface area contributed by atoms with Gasteiger partial charge in [0.15, 0.2) is 0 Å². The number of rotatable bonds is 11. The van der Waals surface area contributed by atoms with Crippen LogP contribution in [0, 0.1) is 11.8 Å². The third kappa shape index (κ3) is 8.29. The zero-order valence-electron chi connectivity index (χ0n) is 14.2. The van der Waals surface area contributed by atoms with Crippen LogP contribution in [0.25, 0.3) is 0 Å². The summed E-state index contributed by atoms with van der Waals surface area (Å²) in [4.78, 5) is 0. The van der Waals surface area contributed by atoms with E-state index in [2.05, 4.69) is 13.8 Å². The average Bonchev–Trinajstić information content (AvgIpc) is 2.46. The summed E-state index contributed by atoms with van der Waals surface area (Å²) in [6, 6.07) is 0.493. The van der Waals surface area contributed by atoms with E-state index >= 15 is 0 Å². The van der Waals surface area contributed by atoms with Crippen molar-refractivity contribution in [1.29, 1.82) is 0 Å². The number of hydrogen-bond donors (Lipinski definition) is 1. The minimum Gasteiger partial charge on any atom is -0.327 e. The summed E-state index contributed by atoms with van der Waals surface area (Å²) in [5, 5.41) is 0. The Hall–Kier alpha value is -0.0400. The molecule has 0 aliphatic heterocycles. The second-order valence-electron chi connectivity index (χ2n) is 7.30. The van der Waals surface area contributed by atoms with Crippen LogP contribution in [0.1, 0.15) is 104 Å². The summed E-state index contributed by atoms with van der Waals surface area (Å²) < 4.78 is 0. The average molecular weight is 282 g/mol. The zero-order valence-corrected chi connectivity index (χ0v) is 14.2. The van der Waals surface area contributed by atoms with Crippen molar-refractivity contribution < 1.29 is 0 Å². The maximum Gasteiger partial charge on any atom is 0.00671 e. The molecule has 20 heavy (non-hydrogen) atoms. The molecule has 2 N–H and O–H groups in total. The molecule has 0 spiro atoms. The molecule has 1 atom stereocenters. The molecular formula is C19H39N. The molecule has 0 aromatic heterocycles. The fraction of sp³-hybridized carbons (Fsp3) is 1.00. The maximum atomic E-state index is 6.39. The highest BCUT2D eigenvalue weighted by Crippen LogP contribution is 2.31. The highest BCUT2D eigenvalue weighted by molar-refractivity contribution is 4.78. The maximum absolute atomic E-state index is 6.39. The first-order chi connectivity index (χ1) is 9.74. The normalized spacial score (nSPS) is 24.8. The number of nitrogens with two attached hydrogens (primary N) is 1. The Labute approximate surface area is 128 Å². The second kappa shape index (κ2) is 11.6. The van der Waals surface area contributed by atoms with Crippen molar-refractivity contribution in [3.8, 4) is 0 Å². The quantitative estimate of drug-likeness (QED) is 0.458. The lowest BCUT2D eigenvalue weighted by Gasteiger charge is -2.30. The van der Waals surface area contributed by atoms with Gasteiger partial charge in [0.25, 0.3) is 0 Å². The van der Waals surface area contributed by atoms with E-state index in [0.29, 0.717) is 6.04 Å². The van der Waals surface area contributed by atoms with Crippen LogP contribution < -0.4 is 5.73 Å². The van der Waals surface area contributed by atoms with Crippen molar-refractivity contribution in [2.45, 2.75) is 110 Å². The predicted octanol–water partition coefficient (Wildman–Crippen LogP) is 6.06. The lowest BCUT2D eigenvalue weighted by atomic mass is 9.78. The Bertz CT molecular complexity index is 206. The molecule has 1 aliphatic carbocycles. The van der Waals surface area contributed by atoms with Gasteiger partial charge in [0, 0.05) is 6.04 Å². The molecule has 1 aliphatic rings. The fourth-order valence-electron chi connectivity index (χ4n) is 3.64. The van der Waals surface area contributed by atoms with E-state index < -0.39 is 0 Å². The smallest absolute Gasteiger partial charge is 0.00671 e. The highest BCUT2D eigenvalue weighted by Gasteiger charge is 2.22. The van der Waals surface area contributed by atoms with E-state index in [1.165, 1.54) is 89.9 Å². The van der Waals surface area contributed by atoms with Gasteiger partial charge in [-0.3, -0.25) is 0 Å². The molecule has 1 nitrogen and oxygen atoms in total. The van der Waals surface area contributed by atoms with Gasteiger partial charge in [0.2, 0.25) is 0 Å². The number of unbranched alkanes of at least 4 members (excludes halogenated alkanes) is 8. The fourth-order valence-corrected chi connectivity index (χ4v) is 3.64. The molecule has 0 bridgehead atoms. The molecule has 120 valence electrons. The first-order valence-electron chi connectivity index (χ1n) is 9.49. The summed E-state index contributed by atoms with van der Waals surface area (Å²) >= 11 is 0. The summed E-state index contributed by atoms with van der Waals surface area (Å²) in [5.74, 6) is 1.78. The second-order valence-corrected chi connectivity index (χ2v) is 7.30. The molecule has 1 fully saturated rings. The van der Waals surface area contributed by atoms with E-state index in [4.69, 9.17) is 5.73 Å². The van der Waals surface area contributed by atoms with E-state index in [1.807, 2.05) is 0 Å². The summed E-state index contributed by atoms with van der Waals surface area (Å²) in [7, 11) is 0. The molecule has 0 amide bonds.